The fraction of sp³-hybridized carbons (Fsp3) is 0.438. The summed E-state index contributed by atoms with van der Waals surface area (Å²) in [5, 5.41) is 3.35. The van der Waals surface area contributed by atoms with Crippen molar-refractivity contribution in [3.63, 3.8) is 0 Å². The summed E-state index contributed by atoms with van der Waals surface area (Å²) in [7, 11) is 1.46. The lowest BCUT2D eigenvalue weighted by Crippen LogP contribution is -2.19. The number of aromatic nitrogens is 2. The molecule has 0 aliphatic rings. The molecule has 5 heteroatoms. The van der Waals surface area contributed by atoms with E-state index in [2.05, 4.69) is 24.1 Å². The summed E-state index contributed by atoms with van der Waals surface area (Å²) in [6, 6.07) is 5.00. The van der Waals surface area contributed by atoms with E-state index in [0.717, 1.165) is 24.3 Å². The van der Waals surface area contributed by atoms with E-state index in [9.17, 15) is 4.39 Å². The Labute approximate surface area is 125 Å². The highest BCUT2D eigenvalue weighted by Gasteiger charge is 2.05. The summed E-state index contributed by atoms with van der Waals surface area (Å²) >= 11 is 0. The van der Waals surface area contributed by atoms with Gasteiger partial charge in [0.1, 0.15) is 0 Å². The quantitative estimate of drug-likeness (QED) is 0.852. The Balaban J connectivity index is 1.94. The van der Waals surface area contributed by atoms with Crippen LogP contribution in [0.5, 0.6) is 5.75 Å². The third-order valence-electron chi connectivity index (χ3n) is 3.13. The molecule has 0 spiro atoms. The van der Waals surface area contributed by atoms with Gasteiger partial charge in [-0.3, -0.25) is 0 Å². The first-order valence-electron chi connectivity index (χ1n) is 7.12. The number of hydrogen-bond donors (Lipinski definition) is 1. The predicted octanol–water partition coefficient (Wildman–Crippen LogP) is 2.82. The number of ether oxygens (including phenoxy) is 1. The molecule has 1 aromatic heterocycles. The standard InChI is InChI=1S/C16H22FN3O/c1-12(2)7-18-8-14-10-20(11-19-14)9-13-4-5-16(21-3)15(17)6-13/h4-6,10-12,18H,7-9H2,1-3H3. The van der Waals surface area contributed by atoms with Crippen molar-refractivity contribution in [2.75, 3.05) is 13.7 Å². The van der Waals surface area contributed by atoms with Crippen LogP contribution in [0.4, 0.5) is 4.39 Å². The van der Waals surface area contributed by atoms with Crippen molar-refractivity contribution in [1.29, 1.82) is 0 Å². The van der Waals surface area contributed by atoms with Crippen LogP contribution in [0.15, 0.2) is 30.7 Å². The molecule has 0 saturated carbocycles. The molecular weight excluding hydrogens is 269 g/mol. The fourth-order valence-corrected chi connectivity index (χ4v) is 2.09. The van der Waals surface area contributed by atoms with Gasteiger partial charge in [-0.2, -0.15) is 0 Å². The molecular formula is C16H22FN3O. The average molecular weight is 291 g/mol. The predicted molar refractivity (Wildman–Crippen MR) is 80.8 cm³/mol. The molecule has 0 fully saturated rings. The van der Waals surface area contributed by atoms with Crippen molar-refractivity contribution in [2.45, 2.75) is 26.9 Å². The van der Waals surface area contributed by atoms with Crippen LogP contribution in [-0.4, -0.2) is 23.2 Å². The minimum atomic E-state index is -0.339. The Morgan fingerprint density at radius 2 is 2.19 bits per heavy atom. The van der Waals surface area contributed by atoms with Crippen LogP contribution in [0.2, 0.25) is 0 Å². The second-order valence-electron chi connectivity index (χ2n) is 5.53. The lowest BCUT2D eigenvalue weighted by molar-refractivity contribution is 0.386. The summed E-state index contributed by atoms with van der Waals surface area (Å²) in [6.45, 7) is 6.66. The van der Waals surface area contributed by atoms with Crippen molar-refractivity contribution in [3.05, 3.63) is 47.8 Å². The van der Waals surface area contributed by atoms with Gasteiger partial charge in [0.05, 0.1) is 19.1 Å². The maximum atomic E-state index is 13.6. The van der Waals surface area contributed by atoms with Gasteiger partial charge in [-0.15, -0.1) is 0 Å². The van der Waals surface area contributed by atoms with Crippen LogP contribution in [0.3, 0.4) is 0 Å². The first kappa shape index (κ1) is 15.5. The smallest absolute Gasteiger partial charge is 0.165 e. The first-order chi connectivity index (χ1) is 10.1. The molecule has 4 nitrogen and oxygen atoms in total. The molecule has 0 saturated heterocycles. The fourth-order valence-electron chi connectivity index (χ4n) is 2.09. The molecule has 114 valence electrons. The van der Waals surface area contributed by atoms with E-state index in [4.69, 9.17) is 4.74 Å². The highest BCUT2D eigenvalue weighted by molar-refractivity contribution is 5.29. The Morgan fingerprint density at radius 1 is 1.38 bits per heavy atom. The van der Waals surface area contributed by atoms with Gasteiger partial charge in [-0.25, -0.2) is 9.37 Å². The number of halogens is 1. The number of hydrogen-bond acceptors (Lipinski definition) is 3. The van der Waals surface area contributed by atoms with Crippen LogP contribution in [0.25, 0.3) is 0 Å². The zero-order chi connectivity index (χ0) is 15.2. The topological polar surface area (TPSA) is 39.1 Å². The van der Waals surface area contributed by atoms with E-state index in [-0.39, 0.29) is 11.6 Å². The molecule has 2 aromatic rings. The maximum Gasteiger partial charge on any atom is 0.165 e. The molecule has 21 heavy (non-hydrogen) atoms. The third kappa shape index (κ3) is 4.56. The molecule has 1 aromatic carbocycles. The minimum Gasteiger partial charge on any atom is -0.494 e. The Hall–Kier alpha value is -1.88. The lowest BCUT2D eigenvalue weighted by atomic mass is 10.2. The van der Waals surface area contributed by atoms with Gasteiger partial charge in [0.15, 0.2) is 11.6 Å². The molecule has 0 aliphatic carbocycles. The Morgan fingerprint density at radius 3 is 2.86 bits per heavy atom. The van der Waals surface area contributed by atoms with Gasteiger partial charge in [0.25, 0.3) is 0 Å². The second-order valence-corrected chi connectivity index (χ2v) is 5.53. The van der Waals surface area contributed by atoms with Crippen LogP contribution in [-0.2, 0) is 13.1 Å². The monoisotopic (exact) mass is 291 g/mol. The van der Waals surface area contributed by atoms with E-state index in [1.165, 1.54) is 13.2 Å². The van der Waals surface area contributed by atoms with Gasteiger partial charge in [0.2, 0.25) is 0 Å². The summed E-state index contributed by atoms with van der Waals surface area (Å²) in [4.78, 5) is 4.35. The molecule has 1 heterocycles. The third-order valence-corrected chi connectivity index (χ3v) is 3.13. The molecule has 0 aliphatic heterocycles. The molecule has 0 amide bonds. The van der Waals surface area contributed by atoms with Crippen molar-refractivity contribution in [1.82, 2.24) is 14.9 Å². The maximum absolute atomic E-state index is 13.6. The highest BCUT2D eigenvalue weighted by atomic mass is 19.1. The molecule has 1 N–H and O–H groups in total. The van der Waals surface area contributed by atoms with Gasteiger partial charge in [-0.1, -0.05) is 19.9 Å². The summed E-state index contributed by atoms with van der Waals surface area (Å²) < 4.78 is 20.5. The minimum absolute atomic E-state index is 0.267. The Kier molecular flexibility index (Phi) is 5.33. The van der Waals surface area contributed by atoms with E-state index in [1.54, 1.807) is 12.4 Å². The number of methoxy groups -OCH3 is 1. The van der Waals surface area contributed by atoms with Crippen molar-refractivity contribution in [2.24, 2.45) is 5.92 Å². The average Bonchev–Trinajstić information content (AvgIpc) is 2.86. The molecule has 2 rings (SSSR count). The van der Waals surface area contributed by atoms with Crippen LogP contribution < -0.4 is 10.1 Å². The van der Waals surface area contributed by atoms with E-state index in [0.29, 0.717) is 12.5 Å². The Bertz CT molecular complexity index is 581. The molecule has 0 bridgehead atoms. The number of benzene rings is 1. The van der Waals surface area contributed by atoms with Crippen molar-refractivity contribution >= 4 is 0 Å². The largest absolute Gasteiger partial charge is 0.494 e. The van der Waals surface area contributed by atoms with E-state index in [1.807, 2.05) is 16.8 Å². The number of nitrogens with zero attached hydrogens (tertiary/aromatic N) is 2. The number of rotatable bonds is 7. The van der Waals surface area contributed by atoms with Crippen molar-refractivity contribution < 1.29 is 9.13 Å². The number of imidazole rings is 1. The molecule has 0 unspecified atom stereocenters. The zero-order valence-electron chi connectivity index (χ0n) is 12.8. The van der Waals surface area contributed by atoms with Gasteiger partial charge in [-0.05, 0) is 30.2 Å². The van der Waals surface area contributed by atoms with Gasteiger partial charge in [0, 0.05) is 19.3 Å². The lowest BCUT2D eigenvalue weighted by Gasteiger charge is -2.06. The van der Waals surface area contributed by atoms with Crippen LogP contribution >= 0.6 is 0 Å². The van der Waals surface area contributed by atoms with Gasteiger partial charge >= 0.3 is 0 Å². The SMILES string of the molecule is COc1ccc(Cn2cnc(CNCC(C)C)c2)cc1F. The summed E-state index contributed by atoms with van der Waals surface area (Å²) in [5.41, 5.74) is 1.87. The highest BCUT2D eigenvalue weighted by Crippen LogP contribution is 2.18. The van der Waals surface area contributed by atoms with Crippen LogP contribution in [0, 0.1) is 11.7 Å². The van der Waals surface area contributed by atoms with E-state index < -0.39 is 0 Å². The number of nitrogens with one attached hydrogen (secondary N) is 1. The van der Waals surface area contributed by atoms with Gasteiger partial charge < -0.3 is 14.6 Å². The summed E-state index contributed by atoms with van der Waals surface area (Å²) in [5.74, 6) is 0.547. The molecule has 0 atom stereocenters. The van der Waals surface area contributed by atoms with E-state index >= 15 is 0 Å². The second kappa shape index (κ2) is 7.22. The van der Waals surface area contributed by atoms with Crippen molar-refractivity contribution in [3.8, 4) is 5.75 Å². The normalized spacial score (nSPS) is 11.1. The summed E-state index contributed by atoms with van der Waals surface area (Å²) in [6.07, 6.45) is 3.75. The zero-order valence-corrected chi connectivity index (χ0v) is 12.8. The molecule has 0 radical (unpaired) electrons. The first-order valence-corrected chi connectivity index (χ1v) is 7.12. The van der Waals surface area contributed by atoms with Crippen LogP contribution in [0.1, 0.15) is 25.1 Å².